The second-order valence-corrected chi connectivity index (χ2v) is 7.66. The zero-order valence-corrected chi connectivity index (χ0v) is 19.5. The Bertz CT molecular complexity index is 943. The Morgan fingerprint density at radius 2 is 1.90 bits per heavy atom. The van der Waals surface area contributed by atoms with Gasteiger partial charge in [-0.15, -0.1) is 35.3 Å². The van der Waals surface area contributed by atoms with Crippen molar-refractivity contribution in [2.45, 2.75) is 19.3 Å². The quantitative estimate of drug-likeness (QED) is 0.212. The normalized spacial score (nSPS) is 12.7. The molecule has 29 heavy (non-hydrogen) atoms. The Kier molecular flexibility index (Phi) is 7.93. The highest BCUT2D eigenvalue weighted by molar-refractivity contribution is 14.0. The van der Waals surface area contributed by atoms with Gasteiger partial charge in [-0.25, -0.2) is 4.98 Å². The van der Waals surface area contributed by atoms with Crippen LogP contribution in [0.4, 0.5) is 0 Å². The Morgan fingerprint density at radius 1 is 1.07 bits per heavy atom. The van der Waals surface area contributed by atoms with E-state index in [2.05, 4.69) is 44.9 Å². The molecule has 0 radical (unpaired) electrons. The van der Waals surface area contributed by atoms with Gasteiger partial charge in [-0.3, -0.25) is 4.99 Å². The molecule has 0 saturated carbocycles. The lowest BCUT2D eigenvalue weighted by atomic mass is 10.1. The minimum Gasteiger partial charge on any atom is -0.454 e. The molecule has 0 bridgehead atoms. The lowest BCUT2D eigenvalue weighted by Gasteiger charge is -2.11. The average Bonchev–Trinajstić information content (AvgIpc) is 3.35. The third-order valence-electron chi connectivity index (χ3n) is 4.56. The van der Waals surface area contributed by atoms with E-state index in [9.17, 15) is 0 Å². The molecular formula is C21H25IN4O2S. The maximum absolute atomic E-state index is 5.43. The van der Waals surface area contributed by atoms with Crippen molar-refractivity contribution in [3.05, 3.63) is 53.0 Å². The van der Waals surface area contributed by atoms with Gasteiger partial charge in [0, 0.05) is 26.6 Å². The predicted octanol–water partition coefficient (Wildman–Crippen LogP) is 3.98. The summed E-state index contributed by atoms with van der Waals surface area (Å²) in [4.78, 5) is 8.98. The number of halogens is 1. The molecule has 0 aliphatic carbocycles. The smallest absolute Gasteiger partial charge is 0.231 e. The molecule has 0 spiro atoms. The summed E-state index contributed by atoms with van der Waals surface area (Å²) in [5.41, 5.74) is 2.31. The van der Waals surface area contributed by atoms with Crippen LogP contribution in [0.15, 0.2) is 47.5 Å². The summed E-state index contributed by atoms with van der Waals surface area (Å²) in [6.07, 6.45) is 2.88. The molecule has 1 aliphatic rings. The minimum absolute atomic E-state index is 0. The van der Waals surface area contributed by atoms with E-state index in [1.54, 1.807) is 18.4 Å². The fraction of sp³-hybridized carbons (Fsp3) is 0.333. The molecule has 0 atom stereocenters. The number of aryl methyl sites for hydroxylation is 1. The molecule has 1 aromatic heterocycles. The van der Waals surface area contributed by atoms with E-state index in [1.807, 2.05) is 18.2 Å². The average molecular weight is 524 g/mol. The van der Waals surface area contributed by atoms with Crippen LogP contribution in [0.2, 0.25) is 0 Å². The number of nitrogens with one attached hydrogen (secondary N) is 2. The van der Waals surface area contributed by atoms with Crippen molar-refractivity contribution in [2.75, 3.05) is 26.9 Å². The van der Waals surface area contributed by atoms with E-state index in [0.29, 0.717) is 6.79 Å². The van der Waals surface area contributed by atoms with Crippen LogP contribution in [0.1, 0.15) is 17.0 Å². The number of fused-ring (bicyclic) bond motifs is 2. The van der Waals surface area contributed by atoms with Crippen LogP contribution in [-0.4, -0.2) is 37.9 Å². The first-order chi connectivity index (χ1) is 13.8. The van der Waals surface area contributed by atoms with Gasteiger partial charge < -0.3 is 20.1 Å². The number of ether oxygens (including phenoxy) is 2. The summed E-state index contributed by atoms with van der Waals surface area (Å²) in [5.74, 6) is 2.47. The molecular weight excluding hydrogens is 499 g/mol. The van der Waals surface area contributed by atoms with Crippen molar-refractivity contribution in [1.29, 1.82) is 0 Å². The number of hydrogen-bond donors (Lipinski definition) is 2. The summed E-state index contributed by atoms with van der Waals surface area (Å²) >= 11 is 1.78. The largest absolute Gasteiger partial charge is 0.454 e. The molecule has 2 N–H and O–H groups in total. The van der Waals surface area contributed by atoms with Crippen molar-refractivity contribution in [1.82, 2.24) is 15.6 Å². The van der Waals surface area contributed by atoms with Crippen LogP contribution in [0, 0.1) is 0 Å². The number of thiazole rings is 1. The van der Waals surface area contributed by atoms with Crippen LogP contribution in [0.25, 0.3) is 10.2 Å². The van der Waals surface area contributed by atoms with Crippen molar-refractivity contribution in [2.24, 2.45) is 4.99 Å². The minimum atomic E-state index is 0. The first-order valence-corrected chi connectivity index (χ1v) is 10.3. The third-order valence-corrected chi connectivity index (χ3v) is 5.66. The third kappa shape index (κ3) is 5.72. The lowest BCUT2D eigenvalue weighted by Crippen LogP contribution is -2.38. The zero-order valence-electron chi connectivity index (χ0n) is 16.3. The summed E-state index contributed by atoms with van der Waals surface area (Å²) in [5, 5.41) is 7.92. The van der Waals surface area contributed by atoms with Crippen molar-refractivity contribution >= 4 is 51.5 Å². The van der Waals surface area contributed by atoms with E-state index in [1.165, 1.54) is 15.3 Å². The first kappa shape index (κ1) is 21.6. The van der Waals surface area contributed by atoms with Crippen LogP contribution in [0.3, 0.4) is 0 Å². The number of para-hydroxylation sites is 1. The maximum atomic E-state index is 5.43. The number of rotatable bonds is 7. The van der Waals surface area contributed by atoms with Gasteiger partial charge in [0.05, 0.1) is 15.2 Å². The standard InChI is InChI=1S/C21H24N4O2S.HI/c1-22-21(24-12-10-15-8-9-17-18(13-15)27-14-26-17)23-11-4-7-20-25-16-5-2-3-6-19(16)28-20;/h2-3,5-6,8-9,13H,4,7,10-12,14H2,1H3,(H2,22,23,24);1H. The van der Waals surface area contributed by atoms with Gasteiger partial charge in [0.25, 0.3) is 0 Å². The van der Waals surface area contributed by atoms with Crippen molar-refractivity contribution in [3.63, 3.8) is 0 Å². The second-order valence-electron chi connectivity index (χ2n) is 6.54. The van der Waals surface area contributed by atoms with Gasteiger partial charge in [0.15, 0.2) is 17.5 Å². The second kappa shape index (κ2) is 10.6. The molecule has 0 saturated heterocycles. The van der Waals surface area contributed by atoms with Crippen molar-refractivity contribution in [3.8, 4) is 11.5 Å². The molecule has 4 rings (SSSR count). The fourth-order valence-electron chi connectivity index (χ4n) is 3.12. The molecule has 8 heteroatoms. The highest BCUT2D eigenvalue weighted by atomic mass is 127. The van der Waals surface area contributed by atoms with E-state index in [-0.39, 0.29) is 24.0 Å². The predicted molar refractivity (Wildman–Crippen MR) is 129 cm³/mol. The molecule has 0 unspecified atom stereocenters. The topological polar surface area (TPSA) is 67.8 Å². The molecule has 154 valence electrons. The number of hydrogen-bond acceptors (Lipinski definition) is 5. The Balaban J connectivity index is 0.00000240. The van der Waals surface area contributed by atoms with Crippen LogP contribution in [-0.2, 0) is 12.8 Å². The molecule has 3 aromatic rings. The van der Waals surface area contributed by atoms with Crippen LogP contribution in [0.5, 0.6) is 11.5 Å². The van der Waals surface area contributed by atoms with Gasteiger partial charge in [-0.05, 0) is 42.7 Å². The first-order valence-electron chi connectivity index (χ1n) is 9.49. The number of aromatic nitrogens is 1. The molecule has 2 heterocycles. The van der Waals surface area contributed by atoms with E-state index >= 15 is 0 Å². The van der Waals surface area contributed by atoms with E-state index < -0.39 is 0 Å². The van der Waals surface area contributed by atoms with E-state index in [0.717, 1.165) is 55.3 Å². The highest BCUT2D eigenvalue weighted by Gasteiger charge is 2.13. The van der Waals surface area contributed by atoms with Gasteiger partial charge in [-0.2, -0.15) is 0 Å². The molecule has 0 fully saturated rings. The summed E-state index contributed by atoms with van der Waals surface area (Å²) in [6.45, 7) is 1.97. The van der Waals surface area contributed by atoms with Crippen LogP contribution >= 0.6 is 35.3 Å². The highest BCUT2D eigenvalue weighted by Crippen LogP contribution is 2.32. The van der Waals surface area contributed by atoms with Gasteiger partial charge in [0.1, 0.15) is 0 Å². The maximum Gasteiger partial charge on any atom is 0.231 e. The molecule has 1 aliphatic heterocycles. The zero-order chi connectivity index (χ0) is 19.2. The van der Waals surface area contributed by atoms with Crippen molar-refractivity contribution < 1.29 is 9.47 Å². The number of nitrogens with zero attached hydrogens (tertiary/aromatic N) is 2. The Labute approximate surface area is 191 Å². The summed E-state index contributed by atoms with van der Waals surface area (Å²) < 4.78 is 12.0. The van der Waals surface area contributed by atoms with E-state index in [4.69, 9.17) is 9.47 Å². The molecule has 6 nitrogen and oxygen atoms in total. The lowest BCUT2D eigenvalue weighted by molar-refractivity contribution is 0.174. The fourth-order valence-corrected chi connectivity index (χ4v) is 4.12. The monoisotopic (exact) mass is 524 g/mol. The van der Waals surface area contributed by atoms with Crippen LogP contribution < -0.4 is 20.1 Å². The van der Waals surface area contributed by atoms with Gasteiger partial charge in [0.2, 0.25) is 6.79 Å². The molecule has 2 aromatic carbocycles. The molecule has 0 amide bonds. The Hall–Kier alpha value is -2.07. The number of benzene rings is 2. The number of guanidine groups is 1. The Morgan fingerprint density at radius 3 is 2.76 bits per heavy atom. The summed E-state index contributed by atoms with van der Waals surface area (Å²) in [6, 6.07) is 14.4. The van der Waals surface area contributed by atoms with Gasteiger partial charge in [-0.1, -0.05) is 18.2 Å². The van der Waals surface area contributed by atoms with Gasteiger partial charge >= 0.3 is 0 Å². The summed E-state index contributed by atoms with van der Waals surface area (Å²) in [7, 11) is 1.80. The SMILES string of the molecule is CN=C(NCCCc1nc2ccccc2s1)NCCc1ccc2c(c1)OCO2.I. The number of aliphatic imine (C=N–C) groups is 1.